The fraction of sp³-hybridized carbons (Fsp3) is 0.538. The molecule has 0 fully saturated rings. The summed E-state index contributed by atoms with van der Waals surface area (Å²) in [5, 5.41) is 11.0. The molecule has 0 aliphatic rings. The molecule has 1 atom stereocenters. The number of halogens is 1. The highest BCUT2D eigenvalue weighted by molar-refractivity contribution is 9.10. The van der Waals surface area contributed by atoms with Gasteiger partial charge in [0.2, 0.25) is 0 Å². The smallest absolute Gasteiger partial charge is 0.312 e. The summed E-state index contributed by atoms with van der Waals surface area (Å²) < 4.78 is 6.28. The Balaban J connectivity index is 2.86. The highest BCUT2D eigenvalue weighted by Crippen LogP contribution is 2.32. The average Bonchev–Trinajstić information content (AvgIpc) is 2.29. The van der Waals surface area contributed by atoms with Gasteiger partial charge >= 0.3 is 5.69 Å². The van der Waals surface area contributed by atoms with Gasteiger partial charge in [0.15, 0.2) is 5.75 Å². The first kappa shape index (κ1) is 16.3. The van der Waals surface area contributed by atoms with Gasteiger partial charge in [0.05, 0.1) is 11.5 Å². The van der Waals surface area contributed by atoms with E-state index in [1.807, 2.05) is 0 Å². The molecular weight excluding hydrogens is 330 g/mol. The Morgan fingerprint density at radius 2 is 2.11 bits per heavy atom. The van der Waals surface area contributed by atoms with Crippen molar-refractivity contribution in [3.8, 4) is 5.75 Å². The largest absolute Gasteiger partial charge is 0.486 e. The molecule has 0 aliphatic heterocycles. The van der Waals surface area contributed by atoms with Gasteiger partial charge in [-0.25, -0.2) is 0 Å². The summed E-state index contributed by atoms with van der Waals surface area (Å²) in [6.45, 7) is 6.73. The minimum absolute atomic E-state index is 0.0267. The Kier molecular flexibility index (Phi) is 5.67. The van der Waals surface area contributed by atoms with Crippen LogP contribution in [-0.4, -0.2) is 17.3 Å². The third kappa shape index (κ3) is 4.69. The van der Waals surface area contributed by atoms with Gasteiger partial charge in [-0.1, -0.05) is 36.7 Å². The topological polar surface area (TPSA) is 52.4 Å². The molecule has 1 aromatic carbocycles. The normalized spacial score (nSPS) is 13.1. The van der Waals surface area contributed by atoms with Gasteiger partial charge in [0, 0.05) is 16.5 Å². The number of rotatable bonds is 5. The van der Waals surface area contributed by atoms with E-state index in [1.54, 1.807) is 12.1 Å². The molecule has 0 aromatic heterocycles. The number of thiol groups is 1. The predicted octanol–water partition coefficient (Wildman–Crippen LogP) is 4.33. The van der Waals surface area contributed by atoms with Gasteiger partial charge in [-0.2, -0.15) is 12.6 Å². The van der Waals surface area contributed by atoms with E-state index in [0.29, 0.717) is 22.6 Å². The zero-order valence-electron chi connectivity index (χ0n) is 11.2. The van der Waals surface area contributed by atoms with Crippen LogP contribution in [-0.2, 0) is 0 Å². The van der Waals surface area contributed by atoms with E-state index in [9.17, 15) is 10.1 Å². The summed E-state index contributed by atoms with van der Waals surface area (Å²) in [7, 11) is 0. The van der Waals surface area contributed by atoms with Crippen molar-refractivity contribution in [3.63, 3.8) is 0 Å². The second-order valence-electron chi connectivity index (χ2n) is 5.43. The Morgan fingerprint density at radius 1 is 1.47 bits per heavy atom. The maximum absolute atomic E-state index is 11.0. The fourth-order valence-electron chi connectivity index (χ4n) is 1.52. The van der Waals surface area contributed by atoms with Crippen molar-refractivity contribution in [2.24, 2.45) is 11.3 Å². The number of ether oxygens (including phenoxy) is 1. The molecule has 0 saturated carbocycles. The van der Waals surface area contributed by atoms with Crippen molar-refractivity contribution in [2.75, 3.05) is 12.4 Å². The Hall–Kier alpha value is -0.750. The second kappa shape index (κ2) is 6.61. The third-order valence-corrected chi connectivity index (χ3v) is 3.94. The highest BCUT2D eigenvalue weighted by Gasteiger charge is 2.25. The Bertz CT molecular complexity index is 460. The van der Waals surface area contributed by atoms with E-state index in [-0.39, 0.29) is 17.0 Å². The average molecular weight is 348 g/mol. The van der Waals surface area contributed by atoms with Gasteiger partial charge in [0.25, 0.3) is 0 Å². The minimum Gasteiger partial charge on any atom is -0.486 e. The molecule has 106 valence electrons. The maximum atomic E-state index is 11.0. The van der Waals surface area contributed by atoms with Crippen LogP contribution >= 0.6 is 28.6 Å². The number of nitro groups is 1. The summed E-state index contributed by atoms with van der Waals surface area (Å²) >= 11 is 7.53. The van der Waals surface area contributed by atoms with Gasteiger partial charge < -0.3 is 4.74 Å². The number of nitro benzene ring substituents is 1. The van der Waals surface area contributed by atoms with Gasteiger partial charge in [-0.05, 0) is 23.3 Å². The third-order valence-electron chi connectivity index (χ3n) is 3.00. The zero-order valence-corrected chi connectivity index (χ0v) is 13.7. The van der Waals surface area contributed by atoms with Crippen molar-refractivity contribution in [1.29, 1.82) is 0 Å². The van der Waals surface area contributed by atoms with Crippen molar-refractivity contribution < 1.29 is 9.66 Å². The van der Waals surface area contributed by atoms with E-state index < -0.39 is 4.92 Å². The van der Waals surface area contributed by atoms with Crippen LogP contribution in [0.5, 0.6) is 5.75 Å². The first-order chi connectivity index (χ1) is 8.75. The molecule has 0 bridgehead atoms. The summed E-state index contributed by atoms with van der Waals surface area (Å²) in [5.74, 6) is 1.19. The molecule has 6 heteroatoms. The monoisotopic (exact) mass is 347 g/mol. The summed E-state index contributed by atoms with van der Waals surface area (Å²) in [6.07, 6.45) is 0. The van der Waals surface area contributed by atoms with E-state index in [4.69, 9.17) is 4.74 Å². The molecule has 0 saturated heterocycles. The van der Waals surface area contributed by atoms with Crippen LogP contribution in [0.25, 0.3) is 0 Å². The van der Waals surface area contributed by atoms with Crippen molar-refractivity contribution in [2.45, 2.75) is 20.8 Å². The van der Waals surface area contributed by atoms with Gasteiger partial charge in [-0.3, -0.25) is 10.1 Å². The van der Waals surface area contributed by atoms with E-state index in [0.717, 1.165) is 0 Å². The predicted molar refractivity (Wildman–Crippen MR) is 83.1 cm³/mol. The SMILES string of the molecule is CC(C)(C)C(CS)COc1ccc(Br)cc1[N+](=O)[O-]. The Morgan fingerprint density at radius 3 is 2.58 bits per heavy atom. The second-order valence-corrected chi connectivity index (χ2v) is 6.71. The van der Waals surface area contributed by atoms with E-state index in [2.05, 4.69) is 49.3 Å². The molecular formula is C13H18BrNO3S. The van der Waals surface area contributed by atoms with Crippen LogP contribution in [0, 0.1) is 21.4 Å². The lowest BCUT2D eigenvalue weighted by Gasteiger charge is -2.29. The lowest BCUT2D eigenvalue weighted by Crippen LogP contribution is -2.28. The first-order valence-electron chi connectivity index (χ1n) is 5.93. The molecule has 19 heavy (non-hydrogen) atoms. The van der Waals surface area contributed by atoms with Crippen LogP contribution in [0.4, 0.5) is 5.69 Å². The molecule has 0 N–H and O–H groups in total. The maximum Gasteiger partial charge on any atom is 0.312 e. The van der Waals surface area contributed by atoms with Crippen LogP contribution in [0.1, 0.15) is 20.8 Å². The number of hydrogen-bond donors (Lipinski definition) is 1. The molecule has 0 aliphatic carbocycles. The molecule has 4 nitrogen and oxygen atoms in total. The molecule has 0 heterocycles. The van der Waals surface area contributed by atoms with Crippen molar-refractivity contribution >= 4 is 34.2 Å². The molecule has 1 aromatic rings. The van der Waals surface area contributed by atoms with E-state index in [1.165, 1.54) is 6.07 Å². The van der Waals surface area contributed by atoms with Crippen LogP contribution in [0.3, 0.4) is 0 Å². The number of benzene rings is 1. The Labute approximate surface area is 127 Å². The quantitative estimate of drug-likeness (QED) is 0.490. The summed E-state index contributed by atoms with van der Waals surface area (Å²) in [4.78, 5) is 10.5. The number of hydrogen-bond acceptors (Lipinski definition) is 4. The fourth-order valence-corrected chi connectivity index (χ4v) is 2.52. The standard InChI is InChI=1S/C13H18BrNO3S/c1-13(2,3)9(8-19)7-18-12-5-4-10(14)6-11(12)15(16)17/h4-6,9,19H,7-8H2,1-3H3. The van der Waals surface area contributed by atoms with Crippen LogP contribution in [0.2, 0.25) is 0 Å². The summed E-state index contributed by atoms with van der Waals surface area (Å²) in [6, 6.07) is 4.79. The molecule has 0 radical (unpaired) electrons. The van der Waals surface area contributed by atoms with Gasteiger partial charge in [0.1, 0.15) is 0 Å². The van der Waals surface area contributed by atoms with Crippen LogP contribution < -0.4 is 4.74 Å². The van der Waals surface area contributed by atoms with Crippen molar-refractivity contribution in [1.82, 2.24) is 0 Å². The lowest BCUT2D eigenvalue weighted by molar-refractivity contribution is -0.386. The van der Waals surface area contributed by atoms with Gasteiger partial charge in [-0.15, -0.1) is 0 Å². The lowest BCUT2D eigenvalue weighted by atomic mass is 9.82. The van der Waals surface area contributed by atoms with Crippen molar-refractivity contribution in [3.05, 3.63) is 32.8 Å². The van der Waals surface area contributed by atoms with E-state index >= 15 is 0 Å². The molecule has 0 spiro atoms. The molecule has 1 unspecified atom stereocenters. The molecule has 1 rings (SSSR count). The zero-order chi connectivity index (χ0) is 14.6. The summed E-state index contributed by atoms with van der Waals surface area (Å²) in [5.41, 5.74) is 0.0208. The molecule has 0 amide bonds. The van der Waals surface area contributed by atoms with Crippen LogP contribution in [0.15, 0.2) is 22.7 Å². The number of nitrogens with zero attached hydrogens (tertiary/aromatic N) is 1. The highest BCUT2D eigenvalue weighted by atomic mass is 79.9. The first-order valence-corrected chi connectivity index (χ1v) is 7.36. The minimum atomic E-state index is -0.438.